The van der Waals surface area contributed by atoms with Gasteiger partial charge < -0.3 is 4.74 Å². The lowest BCUT2D eigenvalue weighted by Crippen LogP contribution is -2.28. The number of hydrogen-bond donors (Lipinski definition) is 0. The molecule has 3 rings (SSSR count). The second-order valence-corrected chi connectivity index (χ2v) is 5.07. The van der Waals surface area contributed by atoms with Crippen LogP contribution in [0.2, 0.25) is 0 Å². The molecule has 23 heavy (non-hydrogen) atoms. The topological polar surface area (TPSA) is 76.6 Å². The van der Waals surface area contributed by atoms with Gasteiger partial charge in [0.05, 0.1) is 16.9 Å². The lowest BCUT2D eigenvalue weighted by molar-refractivity contribution is -0.121. The number of carbonyl (C=O) groups is 3. The zero-order valence-corrected chi connectivity index (χ0v) is 12.3. The van der Waals surface area contributed by atoms with E-state index in [1.807, 2.05) is 0 Å². The Morgan fingerprint density at radius 3 is 2.57 bits per heavy atom. The van der Waals surface area contributed by atoms with Crippen molar-refractivity contribution in [1.82, 2.24) is 4.98 Å². The van der Waals surface area contributed by atoms with Gasteiger partial charge in [-0.3, -0.25) is 19.5 Å². The van der Waals surface area contributed by atoms with Crippen LogP contribution in [0.25, 0.3) is 0 Å². The lowest BCUT2D eigenvalue weighted by atomic mass is 10.2. The van der Waals surface area contributed by atoms with Crippen LogP contribution < -0.4 is 4.90 Å². The van der Waals surface area contributed by atoms with E-state index in [9.17, 15) is 14.4 Å². The molecule has 1 aromatic carbocycles. The van der Waals surface area contributed by atoms with E-state index in [4.69, 9.17) is 4.74 Å². The molecule has 1 aliphatic heterocycles. The number of anilines is 1. The van der Waals surface area contributed by atoms with Gasteiger partial charge in [-0.25, -0.2) is 4.79 Å². The van der Waals surface area contributed by atoms with Gasteiger partial charge in [0.15, 0.2) is 0 Å². The second-order valence-electron chi connectivity index (χ2n) is 5.07. The Labute approximate surface area is 132 Å². The van der Waals surface area contributed by atoms with Crippen molar-refractivity contribution in [1.29, 1.82) is 0 Å². The summed E-state index contributed by atoms with van der Waals surface area (Å²) in [4.78, 5) is 40.8. The molecule has 6 nitrogen and oxygen atoms in total. The van der Waals surface area contributed by atoms with Crippen LogP contribution in [0, 0.1) is 0 Å². The van der Waals surface area contributed by atoms with Crippen LogP contribution in [0.5, 0.6) is 0 Å². The van der Waals surface area contributed by atoms with Crippen molar-refractivity contribution in [2.24, 2.45) is 0 Å². The number of rotatable bonds is 4. The van der Waals surface area contributed by atoms with E-state index in [1.165, 1.54) is 6.07 Å². The lowest BCUT2D eigenvalue weighted by Gasteiger charge is -2.14. The molecule has 1 aliphatic rings. The van der Waals surface area contributed by atoms with Crippen LogP contribution in [-0.2, 0) is 20.9 Å². The highest BCUT2D eigenvalue weighted by Gasteiger charge is 2.30. The van der Waals surface area contributed by atoms with E-state index < -0.39 is 5.97 Å². The highest BCUT2D eigenvalue weighted by atomic mass is 16.5. The van der Waals surface area contributed by atoms with Crippen molar-refractivity contribution in [3.05, 3.63) is 59.9 Å². The first kappa shape index (κ1) is 14.9. The van der Waals surface area contributed by atoms with Crippen LogP contribution in [0.4, 0.5) is 5.69 Å². The number of esters is 1. The SMILES string of the molecule is O=C(OCc1ccccn1)c1cccc(N2C(=O)CCC2=O)c1. The molecular weight excluding hydrogens is 296 g/mol. The van der Waals surface area contributed by atoms with Crippen LogP contribution in [0.1, 0.15) is 28.9 Å². The summed E-state index contributed by atoms with van der Waals surface area (Å²) in [6.45, 7) is 0.0610. The number of amides is 2. The zero-order valence-electron chi connectivity index (χ0n) is 12.3. The maximum atomic E-state index is 12.1. The quantitative estimate of drug-likeness (QED) is 0.638. The molecular formula is C17H14N2O4. The molecule has 0 bridgehead atoms. The predicted molar refractivity (Wildman–Crippen MR) is 81.5 cm³/mol. The average Bonchev–Trinajstić information content (AvgIpc) is 2.92. The Balaban J connectivity index is 1.73. The minimum absolute atomic E-state index is 0.0610. The average molecular weight is 310 g/mol. The van der Waals surface area contributed by atoms with Gasteiger partial charge in [0.1, 0.15) is 6.61 Å². The number of nitrogens with zero attached hydrogens (tertiary/aromatic N) is 2. The van der Waals surface area contributed by atoms with Gasteiger partial charge in [-0.15, -0.1) is 0 Å². The van der Waals surface area contributed by atoms with Crippen LogP contribution in [-0.4, -0.2) is 22.8 Å². The molecule has 0 saturated carbocycles. The minimum Gasteiger partial charge on any atom is -0.456 e. The van der Waals surface area contributed by atoms with E-state index in [-0.39, 0.29) is 36.8 Å². The van der Waals surface area contributed by atoms with Crippen molar-refractivity contribution in [2.75, 3.05) is 4.90 Å². The molecule has 1 fully saturated rings. The number of hydrogen-bond acceptors (Lipinski definition) is 5. The maximum Gasteiger partial charge on any atom is 0.338 e. The fourth-order valence-electron chi connectivity index (χ4n) is 2.34. The van der Waals surface area contributed by atoms with Crippen LogP contribution >= 0.6 is 0 Å². The number of aromatic nitrogens is 1. The first-order valence-corrected chi connectivity index (χ1v) is 7.18. The molecule has 6 heteroatoms. The fourth-order valence-corrected chi connectivity index (χ4v) is 2.34. The van der Waals surface area contributed by atoms with Crippen molar-refractivity contribution >= 4 is 23.5 Å². The number of imide groups is 1. The Morgan fingerprint density at radius 1 is 1.09 bits per heavy atom. The summed E-state index contributed by atoms with van der Waals surface area (Å²) in [5, 5.41) is 0. The zero-order chi connectivity index (χ0) is 16.2. The number of pyridine rings is 1. The molecule has 116 valence electrons. The first-order valence-electron chi connectivity index (χ1n) is 7.18. The molecule has 1 saturated heterocycles. The molecule has 0 atom stereocenters. The second kappa shape index (κ2) is 6.39. The number of carbonyl (C=O) groups excluding carboxylic acids is 3. The normalized spacial score (nSPS) is 14.2. The third kappa shape index (κ3) is 3.26. The van der Waals surface area contributed by atoms with Crippen molar-refractivity contribution < 1.29 is 19.1 Å². The summed E-state index contributed by atoms with van der Waals surface area (Å²) in [6, 6.07) is 11.6. The van der Waals surface area contributed by atoms with Crippen LogP contribution in [0.15, 0.2) is 48.7 Å². The molecule has 0 N–H and O–H groups in total. The van der Waals surface area contributed by atoms with E-state index >= 15 is 0 Å². The molecule has 2 heterocycles. The fraction of sp³-hybridized carbons (Fsp3) is 0.176. The molecule has 2 aromatic rings. The molecule has 1 aromatic heterocycles. The van der Waals surface area contributed by atoms with Crippen LogP contribution in [0.3, 0.4) is 0 Å². The van der Waals surface area contributed by atoms with E-state index in [0.717, 1.165) is 4.90 Å². The molecule has 0 spiro atoms. The Kier molecular flexibility index (Phi) is 4.14. The van der Waals surface area contributed by atoms with Gasteiger partial charge in [0.25, 0.3) is 0 Å². The number of benzene rings is 1. The minimum atomic E-state index is -0.531. The van der Waals surface area contributed by atoms with Crippen molar-refractivity contribution in [3.63, 3.8) is 0 Å². The van der Waals surface area contributed by atoms with Gasteiger partial charge in [0, 0.05) is 19.0 Å². The van der Waals surface area contributed by atoms with E-state index in [2.05, 4.69) is 4.98 Å². The Hall–Kier alpha value is -3.02. The van der Waals surface area contributed by atoms with Gasteiger partial charge in [-0.2, -0.15) is 0 Å². The smallest absolute Gasteiger partial charge is 0.338 e. The van der Waals surface area contributed by atoms with Gasteiger partial charge >= 0.3 is 5.97 Å². The molecule has 0 unspecified atom stereocenters. The van der Waals surface area contributed by atoms with Gasteiger partial charge in [-0.1, -0.05) is 12.1 Å². The highest BCUT2D eigenvalue weighted by molar-refractivity contribution is 6.20. The number of ether oxygens (including phenoxy) is 1. The van der Waals surface area contributed by atoms with E-state index in [1.54, 1.807) is 42.6 Å². The van der Waals surface area contributed by atoms with Crippen molar-refractivity contribution in [3.8, 4) is 0 Å². The molecule has 0 radical (unpaired) electrons. The molecule has 0 aliphatic carbocycles. The first-order chi connectivity index (χ1) is 11.1. The summed E-state index contributed by atoms with van der Waals surface area (Å²) < 4.78 is 5.20. The van der Waals surface area contributed by atoms with Crippen molar-refractivity contribution in [2.45, 2.75) is 19.4 Å². The monoisotopic (exact) mass is 310 g/mol. The Morgan fingerprint density at radius 2 is 1.87 bits per heavy atom. The summed E-state index contributed by atoms with van der Waals surface area (Å²) in [7, 11) is 0. The summed E-state index contributed by atoms with van der Waals surface area (Å²) >= 11 is 0. The third-order valence-corrected chi connectivity index (χ3v) is 3.47. The Bertz CT molecular complexity index is 742. The summed E-state index contributed by atoms with van der Waals surface area (Å²) in [5.41, 5.74) is 1.32. The summed E-state index contributed by atoms with van der Waals surface area (Å²) in [6.07, 6.45) is 2.02. The predicted octanol–water partition coefficient (Wildman–Crippen LogP) is 2.09. The maximum absolute atomic E-state index is 12.1. The highest BCUT2D eigenvalue weighted by Crippen LogP contribution is 2.23. The molecule has 2 amide bonds. The summed E-state index contributed by atoms with van der Waals surface area (Å²) in [5.74, 6) is -1.04. The van der Waals surface area contributed by atoms with Gasteiger partial charge in [0.2, 0.25) is 11.8 Å². The largest absolute Gasteiger partial charge is 0.456 e. The third-order valence-electron chi connectivity index (χ3n) is 3.47. The van der Waals surface area contributed by atoms with E-state index in [0.29, 0.717) is 11.4 Å². The standard InChI is InChI=1S/C17H14N2O4/c20-15-7-8-16(21)19(15)14-6-3-4-12(10-14)17(22)23-11-13-5-1-2-9-18-13/h1-6,9-10H,7-8,11H2. The van der Waals surface area contributed by atoms with Gasteiger partial charge in [-0.05, 0) is 30.3 Å².